The zero-order chi connectivity index (χ0) is 12.4. The quantitative estimate of drug-likeness (QED) is 0.875. The second kappa shape index (κ2) is 4.94. The van der Waals surface area contributed by atoms with Gasteiger partial charge in [-0.15, -0.1) is 0 Å². The number of aryl methyl sites for hydroxylation is 2. The van der Waals surface area contributed by atoms with Gasteiger partial charge in [-0.05, 0) is 57.6 Å². The lowest BCUT2D eigenvalue weighted by atomic mass is 9.82. The lowest BCUT2D eigenvalue weighted by Crippen LogP contribution is -2.24. The van der Waals surface area contributed by atoms with Gasteiger partial charge in [-0.1, -0.05) is 0 Å². The smallest absolute Gasteiger partial charge is 0.306 e. The summed E-state index contributed by atoms with van der Waals surface area (Å²) in [5.74, 6) is -0.0646. The van der Waals surface area contributed by atoms with Crippen molar-refractivity contribution in [2.75, 3.05) is 0 Å². The molecule has 3 nitrogen and oxygen atoms in total. The van der Waals surface area contributed by atoms with E-state index in [1.807, 2.05) is 0 Å². The number of rotatable bonds is 3. The van der Waals surface area contributed by atoms with Crippen LogP contribution in [0.15, 0.2) is 12.1 Å². The van der Waals surface area contributed by atoms with Gasteiger partial charge in [0.1, 0.15) is 0 Å². The fourth-order valence-electron chi connectivity index (χ4n) is 2.84. The fourth-order valence-corrected chi connectivity index (χ4v) is 2.84. The molecule has 1 aliphatic carbocycles. The third-order valence-corrected chi connectivity index (χ3v) is 4.05. The van der Waals surface area contributed by atoms with Crippen molar-refractivity contribution in [1.82, 2.24) is 4.57 Å². The highest BCUT2D eigenvalue weighted by Crippen LogP contribution is 2.30. The Bertz CT molecular complexity index is 381. The van der Waals surface area contributed by atoms with E-state index in [0.29, 0.717) is 5.92 Å². The second-order valence-corrected chi connectivity index (χ2v) is 5.28. The Morgan fingerprint density at radius 1 is 1.24 bits per heavy atom. The van der Waals surface area contributed by atoms with Crippen LogP contribution in [-0.4, -0.2) is 15.6 Å². The van der Waals surface area contributed by atoms with Crippen LogP contribution < -0.4 is 0 Å². The molecular weight excluding hydrogens is 214 g/mol. The monoisotopic (exact) mass is 235 g/mol. The number of carbonyl (C=O) groups is 1. The van der Waals surface area contributed by atoms with Crippen molar-refractivity contribution in [1.29, 1.82) is 0 Å². The van der Waals surface area contributed by atoms with Crippen molar-refractivity contribution >= 4 is 5.97 Å². The van der Waals surface area contributed by atoms with Crippen molar-refractivity contribution in [3.05, 3.63) is 23.5 Å². The number of carboxylic acids is 1. The second-order valence-electron chi connectivity index (χ2n) is 5.28. The molecule has 0 aromatic carbocycles. The van der Waals surface area contributed by atoms with E-state index in [0.717, 1.165) is 32.2 Å². The highest BCUT2D eigenvalue weighted by Gasteiger charge is 2.26. The highest BCUT2D eigenvalue weighted by molar-refractivity contribution is 5.69. The molecule has 0 bridgehead atoms. The number of aliphatic carboxylic acids is 1. The van der Waals surface area contributed by atoms with Gasteiger partial charge in [0.2, 0.25) is 0 Å². The van der Waals surface area contributed by atoms with Crippen LogP contribution in [0.3, 0.4) is 0 Å². The largest absolute Gasteiger partial charge is 0.481 e. The molecule has 0 atom stereocenters. The van der Waals surface area contributed by atoms with E-state index in [1.54, 1.807) is 0 Å². The van der Waals surface area contributed by atoms with Gasteiger partial charge in [-0.25, -0.2) is 0 Å². The van der Waals surface area contributed by atoms with Gasteiger partial charge in [0.05, 0.1) is 5.92 Å². The molecule has 1 aromatic rings. The minimum absolute atomic E-state index is 0.0990. The van der Waals surface area contributed by atoms with E-state index in [9.17, 15) is 4.79 Å². The Balaban J connectivity index is 1.92. The summed E-state index contributed by atoms with van der Waals surface area (Å²) in [5, 5.41) is 8.96. The molecule has 94 valence electrons. The maximum absolute atomic E-state index is 10.9. The molecule has 1 saturated carbocycles. The van der Waals surface area contributed by atoms with Crippen molar-refractivity contribution in [2.24, 2.45) is 11.8 Å². The Morgan fingerprint density at radius 2 is 1.76 bits per heavy atom. The summed E-state index contributed by atoms with van der Waals surface area (Å²) in [6.45, 7) is 5.32. The molecule has 0 aliphatic heterocycles. The van der Waals surface area contributed by atoms with Crippen LogP contribution in [0.4, 0.5) is 0 Å². The summed E-state index contributed by atoms with van der Waals surface area (Å²) in [7, 11) is 0. The molecule has 17 heavy (non-hydrogen) atoms. The minimum atomic E-state index is -0.614. The molecule has 3 heteroatoms. The number of hydrogen-bond acceptors (Lipinski definition) is 1. The average Bonchev–Trinajstić information content (AvgIpc) is 2.61. The standard InChI is InChI=1S/C14H21NO2/c1-10-3-4-11(2)15(10)9-12-5-7-13(8-6-12)14(16)17/h3-4,12-13H,5-9H2,1-2H3,(H,16,17). The summed E-state index contributed by atoms with van der Waals surface area (Å²) < 4.78 is 2.35. The fraction of sp³-hybridized carbons (Fsp3) is 0.643. The van der Waals surface area contributed by atoms with Crippen LogP contribution in [0.25, 0.3) is 0 Å². The number of hydrogen-bond donors (Lipinski definition) is 1. The van der Waals surface area contributed by atoms with E-state index in [4.69, 9.17) is 5.11 Å². The lowest BCUT2D eigenvalue weighted by Gasteiger charge is -2.27. The molecule has 1 heterocycles. The Labute approximate surface area is 102 Å². The minimum Gasteiger partial charge on any atom is -0.481 e. The van der Waals surface area contributed by atoms with Crippen LogP contribution >= 0.6 is 0 Å². The molecule has 0 saturated heterocycles. The third kappa shape index (κ3) is 2.71. The summed E-state index contributed by atoms with van der Waals surface area (Å²) >= 11 is 0. The molecule has 0 amide bonds. The van der Waals surface area contributed by atoms with Gasteiger partial charge in [0.15, 0.2) is 0 Å². The van der Waals surface area contributed by atoms with Crippen molar-refractivity contribution < 1.29 is 9.90 Å². The van der Waals surface area contributed by atoms with E-state index >= 15 is 0 Å². The van der Waals surface area contributed by atoms with Gasteiger partial charge in [0.25, 0.3) is 0 Å². The van der Waals surface area contributed by atoms with E-state index in [-0.39, 0.29) is 5.92 Å². The molecule has 1 aromatic heterocycles. The number of nitrogens with zero attached hydrogens (tertiary/aromatic N) is 1. The topological polar surface area (TPSA) is 42.2 Å². The van der Waals surface area contributed by atoms with Gasteiger partial charge in [-0.2, -0.15) is 0 Å². The molecule has 0 radical (unpaired) electrons. The predicted octanol–water partition coefficient (Wildman–Crippen LogP) is 3.00. The molecule has 0 spiro atoms. The highest BCUT2D eigenvalue weighted by atomic mass is 16.4. The first-order chi connectivity index (χ1) is 8.08. The van der Waals surface area contributed by atoms with Crippen molar-refractivity contribution in [3.8, 4) is 0 Å². The Hall–Kier alpha value is -1.25. The molecule has 0 unspecified atom stereocenters. The molecule has 2 rings (SSSR count). The number of carboxylic acid groups (broad SMARTS) is 1. The molecule has 1 fully saturated rings. The zero-order valence-electron chi connectivity index (χ0n) is 10.6. The Kier molecular flexibility index (Phi) is 3.55. The zero-order valence-corrected chi connectivity index (χ0v) is 10.6. The van der Waals surface area contributed by atoms with Crippen LogP contribution in [0.1, 0.15) is 37.1 Å². The number of aromatic nitrogens is 1. The van der Waals surface area contributed by atoms with E-state index in [1.165, 1.54) is 11.4 Å². The van der Waals surface area contributed by atoms with Crippen LogP contribution in [-0.2, 0) is 11.3 Å². The SMILES string of the molecule is Cc1ccc(C)n1CC1CCC(C(=O)O)CC1. The van der Waals surface area contributed by atoms with Gasteiger partial charge in [-0.3, -0.25) is 4.79 Å². The van der Waals surface area contributed by atoms with Gasteiger partial charge in [0, 0.05) is 17.9 Å². The average molecular weight is 235 g/mol. The van der Waals surface area contributed by atoms with Crippen molar-refractivity contribution in [2.45, 2.75) is 46.1 Å². The van der Waals surface area contributed by atoms with Crippen LogP contribution in [0, 0.1) is 25.7 Å². The maximum atomic E-state index is 10.9. The van der Waals surface area contributed by atoms with E-state index in [2.05, 4.69) is 30.5 Å². The summed E-state index contributed by atoms with van der Waals surface area (Å²) in [6, 6.07) is 4.30. The first-order valence-electron chi connectivity index (χ1n) is 6.43. The molecular formula is C14H21NO2. The predicted molar refractivity (Wildman–Crippen MR) is 67.0 cm³/mol. The van der Waals surface area contributed by atoms with Gasteiger partial charge >= 0.3 is 5.97 Å². The first-order valence-corrected chi connectivity index (χ1v) is 6.43. The van der Waals surface area contributed by atoms with Gasteiger partial charge < -0.3 is 9.67 Å². The Morgan fingerprint density at radius 3 is 2.24 bits per heavy atom. The summed E-state index contributed by atoms with van der Waals surface area (Å²) in [4.78, 5) is 10.9. The first kappa shape index (κ1) is 12.2. The maximum Gasteiger partial charge on any atom is 0.306 e. The van der Waals surface area contributed by atoms with Crippen LogP contribution in [0.5, 0.6) is 0 Å². The normalized spacial score (nSPS) is 24.8. The molecule has 1 N–H and O–H groups in total. The third-order valence-electron chi connectivity index (χ3n) is 4.05. The van der Waals surface area contributed by atoms with Crippen molar-refractivity contribution in [3.63, 3.8) is 0 Å². The lowest BCUT2D eigenvalue weighted by molar-refractivity contribution is -0.143. The van der Waals surface area contributed by atoms with E-state index < -0.39 is 5.97 Å². The summed E-state index contributed by atoms with van der Waals surface area (Å²) in [5.41, 5.74) is 2.62. The van der Waals surface area contributed by atoms with Crippen LogP contribution in [0.2, 0.25) is 0 Å². The summed E-state index contributed by atoms with van der Waals surface area (Å²) in [6.07, 6.45) is 3.79. The molecule has 1 aliphatic rings.